The molecule has 0 aliphatic carbocycles. The molecule has 0 aromatic carbocycles. The third-order valence-corrected chi connectivity index (χ3v) is 1.75. The Bertz CT molecular complexity index is 189. The minimum absolute atomic E-state index is 0.0839. The average Bonchev–Trinajstić information content (AvgIpc) is 2.03. The van der Waals surface area contributed by atoms with E-state index in [0.29, 0.717) is 6.42 Å². The Balaban J connectivity index is 4.23. The summed E-state index contributed by atoms with van der Waals surface area (Å²) in [7, 11) is 4.89. The van der Waals surface area contributed by atoms with Gasteiger partial charge in [-0.15, -0.1) is 0 Å². The molecule has 76 valence electrons. The second-order valence-electron chi connectivity index (χ2n) is 3.19. The normalized spacial score (nSPS) is 12.7. The van der Waals surface area contributed by atoms with E-state index >= 15 is 0 Å². The molecule has 0 N–H and O–H groups in total. The van der Waals surface area contributed by atoms with Gasteiger partial charge in [-0.2, -0.15) is 0 Å². The fraction of sp³-hybridized carbons (Fsp3) is 0.778. The summed E-state index contributed by atoms with van der Waals surface area (Å²) in [6, 6.07) is 0. The van der Waals surface area contributed by atoms with E-state index in [-0.39, 0.29) is 12.3 Å². The summed E-state index contributed by atoms with van der Waals surface area (Å²) in [5.74, 6) is -1.12. The maximum absolute atomic E-state index is 11.4. The van der Waals surface area contributed by atoms with Crippen LogP contribution in [0.5, 0.6) is 0 Å². The molecule has 0 spiro atoms. The van der Waals surface area contributed by atoms with Gasteiger partial charge in [-0.3, -0.25) is 9.59 Å². The van der Waals surface area contributed by atoms with Gasteiger partial charge in [0, 0.05) is 0 Å². The Labute approximate surface area is 78.9 Å². The highest BCUT2D eigenvalue weighted by Gasteiger charge is 2.25. The highest BCUT2D eigenvalue weighted by atomic mass is 16.5. The summed E-state index contributed by atoms with van der Waals surface area (Å²) in [5, 5.41) is 0. The zero-order chi connectivity index (χ0) is 10.4. The van der Waals surface area contributed by atoms with Gasteiger partial charge in [0.25, 0.3) is 0 Å². The Morgan fingerprint density at radius 2 is 1.92 bits per heavy atom. The molecule has 4 heteroatoms. The molecule has 0 saturated heterocycles. The molecule has 0 amide bonds. The SMILES string of the molecule is CCC(C(=O)CN(C)C)C(=O)OC. The molecule has 0 fully saturated rings. The minimum Gasteiger partial charge on any atom is -0.468 e. The van der Waals surface area contributed by atoms with Crippen molar-refractivity contribution in [1.29, 1.82) is 0 Å². The van der Waals surface area contributed by atoms with E-state index in [2.05, 4.69) is 4.74 Å². The van der Waals surface area contributed by atoms with E-state index < -0.39 is 11.9 Å². The fourth-order valence-electron chi connectivity index (χ4n) is 1.09. The number of ketones is 1. The van der Waals surface area contributed by atoms with Crippen LogP contribution in [0.1, 0.15) is 13.3 Å². The van der Waals surface area contributed by atoms with Crippen molar-refractivity contribution in [3.63, 3.8) is 0 Å². The minimum atomic E-state index is -0.604. The summed E-state index contributed by atoms with van der Waals surface area (Å²) < 4.78 is 4.53. The van der Waals surface area contributed by atoms with Crippen LogP contribution in [-0.4, -0.2) is 44.4 Å². The summed E-state index contributed by atoms with van der Waals surface area (Å²) >= 11 is 0. The van der Waals surface area contributed by atoms with Crippen molar-refractivity contribution in [2.24, 2.45) is 5.92 Å². The number of carbonyl (C=O) groups is 2. The molecule has 0 saturated carbocycles. The number of esters is 1. The average molecular weight is 187 g/mol. The van der Waals surface area contributed by atoms with Crippen LogP contribution in [0.3, 0.4) is 0 Å². The summed E-state index contributed by atoms with van der Waals surface area (Å²) in [5.41, 5.74) is 0. The Morgan fingerprint density at radius 3 is 2.23 bits per heavy atom. The van der Waals surface area contributed by atoms with Crippen LogP contribution < -0.4 is 0 Å². The van der Waals surface area contributed by atoms with Crippen LogP contribution in [0.15, 0.2) is 0 Å². The molecule has 0 heterocycles. The molecule has 13 heavy (non-hydrogen) atoms. The van der Waals surface area contributed by atoms with Crippen molar-refractivity contribution in [2.75, 3.05) is 27.7 Å². The van der Waals surface area contributed by atoms with Gasteiger partial charge in [-0.1, -0.05) is 6.92 Å². The number of likely N-dealkylation sites (N-methyl/N-ethyl adjacent to an activating group) is 1. The number of hydrogen-bond donors (Lipinski definition) is 0. The Morgan fingerprint density at radius 1 is 1.38 bits per heavy atom. The van der Waals surface area contributed by atoms with Crippen LogP contribution in [-0.2, 0) is 14.3 Å². The van der Waals surface area contributed by atoms with E-state index in [9.17, 15) is 9.59 Å². The number of carbonyl (C=O) groups excluding carboxylic acids is 2. The van der Waals surface area contributed by atoms with E-state index in [4.69, 9.17) is 0 Å². The van der Waals surface area contributed by atoms with Crippen LogP contribution >= 0.6 is 0 Å². The predicted molar refractivity (Wildman–Crippen MR) is 49.4 cm³/mol. The third kappa shape index (κ3) is 4.03. The first kappa shape index (κ1) is 12.1. The van der Waals surface area contributed by atoms with Crippen LogP contribution in [0.2, 0.25) is 0 Å². The van der Waals surface area contributed by atoms with Crippen molar-refractivity contribution in [3.05, 3.63) is 0 Å². The number of hydrogen-bond acceptors (Lipinski definition) is 4. The fourth-order valence-corrected chi connectivity index (χ4v) is 1.09. The van der Waals surface area contributed by atoms with Crippen molar-refractivity contribution in [1.82, 2.24) is 4.90 Å². The van der Waals surface area contributed by atoms with Crippen molar-refractivity contribution in [2.45, 2.75) is 13.3 Å². The van der Waals surface area contributed by atoms with Gasteiger partial charge in [0.2, 0.25) is 0 Å². The Kier molecular flexibility index (Phi) is 5.30. The lowest BCUT2D eigenvalue weighted by atomic mass is 10.0. The van der Waals surface area contributed by atoms with E-state index in [1.54, 1.807) is 25.9 Å². The molecule has 0 aromatic heterocycles. The lowest BCUT2D eigenvalue weighted by Crippen LogP contribution is -2.32. The number of methoxy groups -OCH3 is 1. The standard InChI is InChI=1S/C9H17NO3/c1-5-7(9(12)13-4)8(11)6-10(2)3/h7H,5-6H2,1-4H3. The van der Waals surface area contributed by atoms with Crippen molar-refractivity contribution >= 4 is 11.8 Å². The van der Waals surface area contributed by atoms with Crippen molar-refractivity contribution < 1.29 is 14.3 Å². The first-order chi connectivity index (χ1) is 6.02. The molecular weight excluding hydrogens is 170 g/mol. The molecule has 0 bridgehead atoms. The van der Waals surface area contributed by atoms with Gasteiger partial charge in [0.1, 0.15) is 5.92 Å². The third-order valence-electron chi connectivity index (χ3n) is 1.75. The molecule has 4 nitrogen and oxygen atoms in total. The van der Waals surface area contributed by atoms with Gasteiger partial charge >= 0.3 is 5.97 Å². The molecule has 0 rings (SSSR count). The molecule has 1 unspecified atom stereocenters. The van der Waals surface area contributed by atoms with Gasteiger partial charge in [-0.25, -0.2) is 0 Å². The number of ether oxygens (including phenoxy) is 1. The number of Topliss-reactive ketones (excluding diaryl/α,β-unsaturated/α-hetero) is 1. The molecule has 0 aromatic rings. The lowest BCUT2D eigenvalue weighted by molar-refractivity contribution is -0.149. The van der Waals surface area contributed by atoms with E-state index in [0.717, 1.165) is 0 Å². The Hall–Kier alpha value is -0.900. The molecule has 0 aliphatic rings. The maximum Gasteiger partial charge on any atom is 0.316 e. The largest absolute Gasteiger partial charge is 0.468 e. The summed E-state index contributed by atoms with van der Waals surface area (Å²) in [6.45, 7) is 2.09. The van der Waals surface area contributed by atoms with Gasteiger partial charge < -0.3 is 9.64 Å². The summed E-state index contributed by atoms with van der Waals surface area (Å²) in [6.07, 6.45) is 0.499. The maximum atomic E-state index is 11.4. The molecule has 0 aliphatic heterocycles. The monoisotopic (exact) mass is 187 g/mol. The number of nitrogens with zero attached hydrogens (tertiary/aromatic N) is 1. The van der Waals surface area contributed by atoms with Gasteiger partial charge in [0.05, 0.1) is 13.7 Å². The second-order valence-corrected chi connectivity index (χ2v) is 3.19. The van der Waals surface area contributed by atoms with Gasteiger partial charge in [0.15, 0.2) is 5.78 Å². The van der Waals surface area contributed by atoms with Crippen LogP contribution in [0, 0.1) is 5.92 Å². The zero-order valence-corrected chi connectivity index (χ0v) is 8.66. The quantitative estimate of drug-likeness (QED) is 0.459. The van der Waals surface area contributed by atoms with E-state index in [1.165, 1.54) is 7.11 Å². The molecular formula is C9H17NO3. The first-order valence-electron chi connectivity index (χ1n) is 4.28. The highest BCUT2D eigenvalue weighted by Crippen LogP contribution is 2.06. The summed E-state index contributed by atoms with van der Waals surface area (Å²) in [4.78, 5) is 24.3. The predicted octanol–water partition coefficient (Wildman–Crippen LogP) is 0.316. The lowest BCUT2D eigenvalue weighted by Gasteiger charge is -2.14. The zero-order valence-electron chi connectivity index (χ0n) is 8.66. The highest BCUT2D eigenvalue weighted by molar-refractivity contribution is 5.99. The topological polar surface area (TPSA) is 46.6 Å². The first-order valence-corrected chi connectivity index (χ1v) is 4.28. The number of rotatable bonds is 5. The molecule has 1 atom stereocenters. The molecule has 0 radical (unpaired) electrons. The van der Waals surface area contributed by atoms with E-state index in [1.807, 2.05) is 0 Å². The second kappa shape index (κ2) is 5.70. The van der Waals surface area contributed by atoms with Gasteiger partial charge in [-0.05, 0) is 20.5 Å². The van der Waals surface area contributed by atoms with Crippen molar-refractivity contribution in [3.8, 4) is 0 Å². The smallest absolute Gasteiger partial charge is 0.316 e. The van der Waals surface area contributed by atoms with Crippen LogP contribution in [0.4, 0.5) is 0 Å². The van der Waals surface area contributed by atoms with Crippen LogP contribution in [0.25, 0.3) is 0 Å².